The fourth-order valence-electron chi connectivity index (χ4n) is 2.27. The predicted molar refractivity (Wildman–Crippen MR) is 74.7 cm³/mol. The maximum atomic E-state index is 12.0. The number of amides is 1. The van der Waals surface area contributed by atoms with E-state index in [0.717, 1.165) is 36.5 Å². The van der Waals surface area contributed by atoms with Crippen molar-refractivity contribution >= 4 is 17.3 Å². The van der Waals surface area contributed by atoms with E-state index in [4.69, 9.17) is 4.42 Å². The Morgan fingerprint density at radius 3 is 3.05 bits per heavy atom. The summed E-state index contributed by atoms with van der Waals surface area (Å²) in [5.74, 6) is 0.976. The lowest BCUT2D eigenvalue weighted by Crippen LogP contribution is -2.10. The largest absolute Gasteiger partial charge is 0.456 e. The lowest BCUT2D eigenvalue weighted by molar-refractivity contribution is 0.0995. The van der Waals surface area contributed by atoms with Crippen LogP contribution in [0.1, 0.15) is 28.8 Å². The summed E-state index contributed by atoms with van der Waals surface area (Å²) < 4.78 is 5.44. The zero-order valence-electron chi connectivity index (χ0n) is 10.8. The normalized spacial score (nSPS) is 12.9. The fourth-order valence-corrected chi connectivity index (χ4v) is 2.27. The van der Waals surface area contributed by atoms with Gasteiger partial charge in [0.1, 0.15) is 5.76 Å². The van der Waals surface area contributed by atoms with Crippen LogP contribution in [0.4, 0.5) is 11.4 Å². The molecule has 0 spiro atoms. The molecule has 1 aromatic carbocycles. The number of rotatable bonds is 3. The topological polar surface area (TPSA) is 54.3 Å². The highest BCUT2D eigenvalue weighted by molar-refractivity contribution is 6.02. The summed E-state index contributed by atoms with van der Waals surface area (Å²) >= 11 is 0. The molecule has 0 fully saturated rings. The molecule has 0 saturated carbocycles. The van der Waals surface area contributed by atoms with Crippen molar-refractivity contribution in [3.05, 3.63) is 47.4 Å². The van der Waals surface area contributed by atoms with Crippen LogP contribution in [-0.4, -0.2) is 12.5 Å². The molecule has 0 saturated heterocycles. The second kappa shape index (κ2) is 4.80. The van der Waals surface area contributed by atoms with Crippen molar-refractivity contribution in [1.29, 1.82) is 0 Å². The molecule has 2 N–H and O–H groups in total. The number of hydrogen-bond donors (Lipinski definition) is 2. The molecule has 0 atom stereocenters. The molecule has 2 heterocycles. The first-order valence-corrected chi connectivity index (χ1v) is 6.53. The van der Waals surface area contributed by atoms with Crippen LogP contribution in [0.25, 0.3) is 0 Å². The molecule has 4 heteroatoms. The third kappa shape index (κ3) is 2.34. The van der Waals surface area contributed by atoms with Gasteiger partial charge in [-0.15, -0.1) is 0 Å². The highest BCUT2D eigenvalue weighted by Gasteiger charge is 2.13. The van der Waals surface area contributed by atoms with Gasteiger partial charge in [-0.3, -0.25) is 4.79 Å². The number of aryl methyl sites for hydroxylation is 1. The van der Waals surface area contributed by atoms with Crippen LogP contribution in [-0.2, 0) is 12.8 Å². The molecule has 0 radical (unpaired) electrons. The molecule has 4 nitrogen and oxygen atoms in total. The SMILES string of the molecule is CCc1ccc(C(=O)Nc2ccc3c(c2)CCN3)o1. The highest BCUT2D eigenvalue weighted by Crippen LogP contribution is 2.25. The lowest BCUT2D eigenvalue weighted by atomic mass is 10.1. The van der Waals surface area contributed by atoms with Gasteiger partial charge < -0.3 is 15.1 Å². The quantitative estimate of drug-likeness (QED) is 0.887. The molecule has 1 aliphatic heterocycles. The van der Waals surface area contributed by atoms with Gasteiger partial charge in [-0.2, -0.15) is 0 Å². The summed E-state index contributed by atoms with van der Waals surface area (Å²) in [6.07, 6.45) is 1.79. The van der Waals surface area contributed by atoms with Gasteiger partial charge >= 0.3 is 0 Å². The monoisotopic (exact) mass is 256 g/mol. The Morgan fingerprint density at radius 1 is 1.37 bits per heavy atom. The smallest absolute Gasteiger partial charge is 0.291 e. The zero-order chi connectivity index (χ0) is 13.2. The molecule has 98 valence electrons. The van der Waals surface area contributed by atoms with E-state index in [1.807, 2.05) is 31.2 Å². The summed E-state index contributed by atoms with van der Waals surface area (Å²) in [7, 11) is 0. The van der Waals surface area contributed by atoms with Crippen LogP contribution in [0.5, 0.6) is 0 Å². The van der Waals surface area contributed by atoms with Crippen molar-refractivity contribution in [3.63, 3.8) is 0 Å². The number of nitrogens with one attached hydrogen (secondary N) is 2. The van der Waals surface area contributed by atoms with Gasteiger partial charge in [0.2, 0.25) is 0 Å². The Morgan fingerprint density at radius 2 is 2.26 bits per heavy atom. The minimum absolute atomic E-state index is 0.203. The van der Waals surface area contributed by atoms with Gasteiger partial charge in [-0.25, -0.2) is 0 Å². The van der Waals surface area contributed by atoms with Gasteiger partial charge in [0.15, 0.2) is 5.76 Å². The molecule has 0 aliphatic carbocycles. The standard InChI is InChI=1S/C15H16N2O2/c1-2-12-4-6-14(19-12)15(18)17-11-3-5-13-10(9-11)7-8-16-13/h3-6,9,16H,2,7-8H2,1H3,(H,17,18). The predicted octanol–water partition coefficient (Wildman–Crippen LogP) is 3.06. The van der Waals surface area contributed by atoms with Crippen molar-refractivity contribution in [2.75, 3.05) is 17.2 Å². The zero-order valence-corrected chi connectivity index (χ0v) is 10.8. The van der Waals surface area contributed by atoms with E-state index in [-0.39, 0.29) is 5.91 Å². The van der Waals surface area contributed by atoms with Gasteiger partial charge in [-0.1, -0.05) is 6.92 Å². The minimum atomic E-state index is -0.203. The Bertz CT molecular complexity index is 616. The molecule has 19 heavy (non-hydrogen) atoms. The molecule has 3 rings (SSSR count). The van der Waals surface area contributed by atoms with Crippen LogP contribution in [0.3, 0.4) is 0 Å². The summed E-state index contributed by atoms with van der Waals surface area (Å²) in [5, 5.41) is 6.16. The molecule has 1 aliphatic rings. The van der Waals surface area contributed by atoms with E-state index in [1.54, 1.807) is 6.07 Å². The second-order valence-electron chi connectivity index (χ2n) is 4.62. The van der Waals surface area contributed by atoms with E-state index in [2.05, 4.69) is 10.6 Å². The van der Waals surface area contributed by atoms with Crippen LogP contribution in [0, 0.1) is 0 Å². The van der Waals surface area contributed by atoms with Gasteiger partial charge in [0.25, 0.3) is 5.91 Å². The summed E-state index contributed by atoms with van der Waals surface area (Å²) in [5.41, 5.74) is 3.21. The summed E-state index contributed by atoms with van der Waals surface area (Å²) in [6, 6.07) is 9.46. The van der Waals surface area contributed by atoms with Gasteiger partial charge in [0.05, 0.1) is 0 Å². The van der Waals surface area contributed by atoms with E-state index < -0.39 is 0 Å². The highest BCUT2D eigenvalue weighted by atomic mass is 16.3. The van der Waals surface area contributed by atoms with E-state index in [9.17, 15) is 4.79 Å². The number of carbonyl (C=O) groups excluding carboxylic acids is 1. The molecule has 0 unspecified atom stereocenters. The number of hydrogen-bond acceptors (Lipinski definition) is 3. The maximum Gasteiger partial charge on any atom is 0.291 e. The lowest BCUT2D eigenvalue weighted by Gasteiger charge is -2.05. The third-order valence-electron chi connectivity index (χ3n) is 3.31. The van der Waals surface area contributed by atoms with Crippen molar-refractivity contribution < 1.29 is 9.21 Å². The Hall–Kier alpha value is -2.23. The first-order chi connectivity index (χ1) is 9.26. The van der Waals surface area contributed by atoms with Crippen LogP contribution in [0.2, 0.25) is 0 Å². The maximum absolute atomic E-state index is 12.0. The average Bonchev–Trinajstić information content (AvgIpc) is 3.06. The Kier molecular flexibility index (Phi) is 2.99. The van der Waals surface area contributed by atoms with Crippen molar-refractivity contribution in [3.8, 4) is 0 Å². The average molecular weight is 256 g/mol. The molecule has 2 aromatic rings. The molecule has 1 amide bonds. The summed E-state index contributed by atoms with van der Waals surface area (Å²) in [6.45, 7) is 2.96. The molecule has 1 aromatic heterocycles. The molecule has 0 bridgehead atoms. The second-order valence-corrected chi connectivity index (χ2v) is 4.62. The first-order valence-electron chi connectivity index (χ1n) is 6.53. The fraction of sp³-hybridized carbons (Fsp3) is 0.267. The Balaban J connectivity index is 1.75. The number of anilines is 2. The third-order valence-corrected chi connectivity index (χ3v) is 3.31. The van der Waals surface area contributed by atoms with E-state index in [1.165, 1.54) is 5.56 Å². The minimum Gasteiger partial charge on any atom is -0.456 e. The number of fused-ring (bicyclic) bond motifs is 1. The number of carbonyl (C=O) groups is 1. The van der Waals surface area contributed by atoms with Crippen LogP contribution in [0.15, 0.2) is 34.7 Å². The van der Waals surface area contributed by atoms with Crippen LogP contribution < -0.4 is 10.6 Å². The van der Waals surface area contributed by atoms with Crippen molar-refractivity contribution in [2.24, 2.45) is 0 Å². The number of furan rings is 1. The molecular weight excluding hydrogens is 240 g/mol. The van der Waals surface area contributed by atoms with E-state index in [0.29, 0.717) is 5.76 Å². The van der Waals surface area contributed by atoms with Crippen molar-refractivity contribution in [2.45, 2.75) is 19.8 Å². The van der Waals surface area contributed by atoms with Gasteiger partial charge in [0, 0.05) is 24.3 Å². The number of benzene rings is 1. The van der Waals surface area contributed by atoms with Crippen LogP contribution >= 0.6 is 0 Å². The summed E-state index contributed by atoms with van der Waals surface area (Å²) in [4.78, 5) is 12.0. The first kappa shape index (κ1) is 11.8. The molecular formula is C15H16N2O2. The van der Waals surface area contributed by atoms with Crippen molar-refractivity contribution in [1.82, 2.24) is 0 Å². The van der Waals surface area contributed by atoms with E-state index >= 15 is 0 Å². The Labute approximate surface area is 111 Å². The van der Waals surface area contributed by atoms with Gasteiger partial charge in [-0.05, 0) is 42.3 Å².